The minimum absolute atomic E-state index is 0.198. The fraction of sp³-hybridized carbons (Fsp3) is 0.474. The number of nitrogens with zero attached hydrogens (tertiary/aromatic N) is 2. The maximum Gasteiger partial charge on any atom is 0.306 e. The lowest BCUT2D eigenvalue weighted by Crippen LogP contribution is -2.62. The largest absolute Gasteiger partial charge is 0.349 e. The molecule has 3 atom stereocenters. The summed E-state index contributed by atoms with van der Waals surface area (Å²) in [7, 11) is -4.92. The van der Waals surface area contributed by atoms with Crippen molar-refractivity contribution < 1.29 is 27.8 Å². The Morgan fingerprint density at radius 2 is 2.06 bits per heavy atom. The summed E-state index contributed by atoms with van der Waals surface area (Å²) in [5.41, 5.74) is 5.95. The monoisotopic (exact) mass is 489 g/mol. The van der Waals surface area contributed by atoms with Crippen LogP contribution in [-0.4, -0.2) is 59.0 Å². The van der Waals surface area contributed by atoms with Gasteiger partial charge in [-0.1, -0.05) is 11.6 Å². The number of hydrogen-bond acceptors (Lipinski definition) is 8. The smallest absolute Gasteiger partial charge is 0.306 e. The van der Waals surface area contributed by atoms with Gasteiger partial charge < -0.3 is 20.8 Å². The summed E-state index contributed by atoms with van der Waals surface area (Å²) in [5, 5.41) is 28.1. The third kappa shape index (κ3) is 3.82. The van der Waals surface area contributed by atoms with Crippen LogP contribution < -0.4 is 5.73 Å². The Morgan fingerprint density at radius 3 is 2.68 bits per heavy atom. The van der Waals surface area contributed by atoms with Crippen LogP contribution in [0.15, 0.2) is 24.3 Å². The van der Waals surface area contributed by atoms with Gasteiger partial charge in [-0.15, -0.1) is 11.3 Å². The molecule has 168 valence electrons. The van der Waals surface area contributed by atoms with E-state index in [-0.39, 0.29) is 17.8 Å². The standard InChI is InChI=1S/C19H21ClFN3O5S2/c1-18(2,16(23)17(25)24-9-12(21)7-13(24)8-22)31(28,29)19(26,27)15-6-10-5-11(20)3-4-14(10)30-15/h3-6,12-13,16,26-27H,7,9,23H2,1-2H3/t12-,13-,16+/m0/s1. The number of benzene rings is 1. The van der Waals surface area contributed by atoms with E-state index in [1.807, 2.05) is 0 Å². The van der Waals surface area contributed by atoms with E-state index in [0.29, 0.717) is 15.1 Å². The van der Waals surface area contributed by atoms with Gasteiger partial charge in [0, 0.05) is 16.1 Å². The van der Waals surface area contributed by atoms with Crippen molar-refractivity contribution in [3.8, 4) is 6.07 Å². The molecule has 12 heteroatoms. The lowest BCUT2D eigenvalue weighted by atomic mass is 10.0. The maximum atomic E-state index is 13.7. The molecule has 1 aliphatic rings. The number of nitriles is 1. The molecule has 1 amide bonds. The van der Waals surface area contributed by atoms with Gasteiger partial charge in [-0.05, 0) is 43.5 Å². The first-order valence-electron chi connectivity index (χ1n) is 9.22. The number of alkyl halides is 1. The lowest BCUT2D eigenvalue weighted by molar-refractivity contribution is -0.133. The second kappa shape index (κ2) is 7.95. The fourth-order valence-corrected chi connectivity index (χ4v) is 6.52. The number of nitrogens with two attached hydrogens (primary N) is 1. The molecule has 1 aliphatic heterocycles. The van der Waals surface area contributed by atoms with Crippen LogP contribution in [0.3, 0.4) is 0 Å². The molecule has 1 fully saturated rings. The number of aliphatic hydroxyl groups is 2. The number of rotatable bonds is 5. The lowest BCUT2D eigenvalue weighted by Gasteiger charge is -2.37. The molecule has 8 nitrogen and oxygen atoms in total. The van der Waals surface area contributed by atoms with Crippen LogP contribution in [0, 0.1) is 11.3 Å². The molecular weight excluding hydrogens is 469 g/mol. The molecule has 3 rings (SSSR count). The number of carbonyl (C=O) groups is 1. The molecule has 0 radical (unpaired) electrons. The number of halogens is 2. The second-order valence-corrected chi connectivity index (χ2v) is 12.1. The summed E-state index contributed by atoms with van der Waals surface area (Å²) in [4.78, 5) is 13.4. The fourth-order valence-electron chi connectivity index (χ4n) is 3.47. The van der Waals surface area contributed by atoms with E-state index >= 15 is 0 Å². The number of likely N-dealkylation sites (tertiary alicyclic amines) is 1. The number of hydrogen-bond donors (Lipinski definition) is 3. The number of thiophene rings is 1. The molecule has 2 heterocycles. The first-order chi connectivity index (χ1) is 14.2. The molecule has 0 aliphatic carbocycles. The van der Waals surface area contributed by atoms with E-state index in [2.05, 4.69) is 0 Å². The van der Waals surface area contributed by atoms with E-state index in [1.54, 1.807) is 24.3 Å². The summed E-state index contributed by atoms with van der Waals surface area (Å²) in [6.45, 7) is 1.78. The topological polar surface area (TPSA) is 145 Å². The average molecular weight is 490 g/mol. The molecule has 31 heavy (non-hydrogen) atoms. The van der Waals surface area contributed by atoms with Crippen LogP contribution in [0.4, 0.5) is 4.39 Å². The summed E-state index contributed by atoms with van der Waals surface area (Å²) >= 11 is 6.77. The van der Waals surface area contributed by atoms with Crippen molar-refractivity contribution >= 4 is 48.8 Å². The van der Waals surface area contributed by atoms with Crippen molar-refractivity contribution in [1.29, 1.82) is 5.26 Å². The highest BCUT2D eigenvalue weighted by atomic mass is 35.5. The highest BCUT2D eigenvalue weighted by Crippen LogP contribution is 2.41. The Balaban J connectivity index is 1.97. The Kier molecular flexibility index (Phi) is 6.12. The number of sulfone groups is 1. The molecule has 1 saturated heterocycles. The second-order valence-electron chi connectivity index (χ2n) is 7.95. The summed E-state index contributed by atoms with van der Waals surface area (Å²) < 4.78 is 38.7. The average Bonchev–Trinajstić information content (AvgIpc) is 3.29. The van der Waals surface area contributed by atoms with E-state index < -0.39 is 43.9 Å². The number of fused-ring (bicyclic) bond motifs is 1. The molecule has 0 spiro atoms. The van der Waals surface area contributed by atoms with Gasteiger partial charge in [0.2, 0.25) is 15.7 Å². The first kappa shape index (κ1) is 23.8. The zero-order valence-electron chi connectivity index (χ0n) is 16.6. The van der Waals surface area contributed by atoms with Crippen molar-refractivity contribution in [2.24, 2.45) is 5.73 Å². The molecule has 1 aromatic heterocycles. The van der Waals surface area contributed by atoms with Gasteiger partial charge in [-0.25, -0.2) is 12.8 Å². The van der Waals surface area contributed by atoms with Gasteiger partial charge in [-0.2, -0.15) is 5.26 Å². The first-order valence-corrected chi connectivity index (χ1v) is 11.9. The van der Waals surface area contributed by atoms with Gasteiger partial charge in [0.15, 0.2) is 0 Å². The van der Waals surface area contributed by atoms with E-state index in [4.69, 9.17) is 22.6 Å². The van der Waals surface area contributed by atoms with Crippen molar-refractivity contribution in [3.05, 3.63) is 34.2 Å². The van der Waals surface area contributed by atoms with E-state index in [1.165, 1.54) is 6.07 Å². The molecule has 0 saturated carbocycles. The van der Waals surface area contributed by atoms with Gasteiger partial charge in [0.25, 0.3) is 0 Å². The minimum atomic E-state index is -4.92. The highest BCUT2D eigenvalue weighted by molar-refractivity contribution is 7.93. The quantitative estimate of drug-likeness (QED) is 0.541. The van der Waals surface area contributed by atoms with Crippen molar-refractivity contribution in [2.75, 3.05) is 6.54 Å². The Hall–Kier alpha value is -1.81. The van der Waals surface area contributed by atoms with Gasteiger partial charge in [0.1, 0.15) is 18.3 Å². The third-order valence-electron chi connectivity index (χ3n) is 5.56. The third-order valence-corrected chi connectivity index (χ3v) is 9.75. The van der Waals surface area contributed by atoms with Crippen LogP contribution in [0.25, 0.3) is 10.1 Å². The molecule has 4 N–H and O–H groups in total. The molecule has 2 aromatic rings. The van der Waals surface area contributed by atoms with Crippen LogP contribution >= 0.6 is 22.9 Å². The van der Waals surface area contributed by atoms with Crippen LogP contribution in [-0.2, 0) is 19.8 Å². The maximum absolute atomic E-state index is 13.7. The van der Waals surface area contributed by atoms with Crippen LogP contribution in [0.5, 0.6) is 0 Å². The van der Waals surface area contributed by atoms with E-state index in [0.717, 1.165) is 30.1 Å². The minimum Gasteiger partial charge on any atom is -0.349 e. The predicted octanol–water partition coefficient (Wildman–Crippen LogP) is 1.63. The Morgan fingerprint density at radius 1 is 1.42 bits per heavy atom. The summed E-state index contributed by atoms with van der Waals surface area (Å²) in [6.07, 6.45) is -1.63. The van der Waals surface area contributed by atoms with Crippen molar-refractivity contribution in [3.63, 3.8) is 0 Å². The summed E-state index contributed by atoms with van der Waals surface area (Å²) in [6, 6.07) is 4.96. The zero-order valence-corrected chi connectivity index (χ0v) is 19.0. The van der Waals surface area contributed by atoms with Crippen LogP contribution in [0.2, 0.25) is 5.02 Å². The van der Waals surface area contributed by atoms with Gasteiger partial charge >= 0.3 is 5.12 Å². The SMILES string of the molecule is CC(C)([C@H](N)C(=O)N1C[C@@H](F)C[C@H]1C#N)S(=O)(=O)C(O)(O)c1cc2cc(Cl)ccc2s1. The van der Waals surface area contributed by atoms with Crippen LogP contribution in [0.1, 0.15) is 25.1 Å². The van der Waals surface area contributed by atoms with Gasteiger partial charge in [0.05, 0.1) is 22.2 Å². The normalized spacial score (nSPS) is 21.3. The Labute approximate surface area is 187 Å². The van der Waals surface area contributed by atoms with Crippen molar-refractivity contribution in [2.45, 2.75) is 48.4 Å². The van der Waals surface area contributed by atoms with E-state index in [9.17, 15) is 27.8 Å². The van der Waals surface area contributed by atoms with Crippen molar-refractivity contribution in [1.82, 2.24) is 4.90 Å². The number of carbonyl (C=O) groups excluding carboxylic acids is 1. The predicted molar refractivity (Wildman–Crippen MR) is 115 cm³/mol. The molecule has 0 unspecified atom stereocenters. The van der Waals surface area contributed by atoms with Gasteiger partial charge in [-0.3, -0.25) is 4.79 Å². The number of amides is 1. The molecule has 1 aromatic carbocycles. The molecule has 0 bridgehead atoms. The summed E-state index contributed by atoms with van der Waals surface area (Å²) in [5.74, 6) is -0.959. The zero-order chi connectivity index (χ0) is 23.4. The Bertz CT molecular complexity index is 1170. The highest BCUT2D eigenvalue weighted by Gasteiger charge is 2.57. The molecular formula is C19H21ClFN3O5S2.